The Labute approximate surface area is 59.7 Å². The van der Waals surface area contributed by atoms with Crippen molar-refractivity contribution in [3.63, 3.8) is 0 Å². The molecule has 0 nitrogen and oxygen atoms in total. The largest absolute Gasteiger partial charge is 0.0794 e. The highest BCUT2D eigenvalue weighted by Gasteiger charge is 2.12. The second-order valence-electron chi connectivity index (χ2n) is 2.09. The third kappa shape index (κ3) is 0.583. The van der Waals surface area contributed by atoms with E-state index < -0.39 is 0 Å². The van der Waals surface area contributed by atoms with Gasteiger partial charge >= 0.3 is 0 Å². The molecule has 0 aromatic carbocycles. The molecule has 0 unspecified atom stereocenters. The summed E-state index contributed by atoms with van der Waals surface area (Å²) in [5.74, 6) is 0. The number of rotatable bonds is 0. The second kappa shape index (κ2) is 1.58. The van der Waals surface area contributed by atoms with E-state index in [-0.39, 0.29) is 0 Å². The van der Waals surface area contributed by atoms with Crippen molar-refractivity contribution in [1.82, 2.24) is 0 Å². The van der Waals surface area contributed by atoms with Gasteiger partial charge in [0.2, 0.25) is 0 Å². The molecule has 0 atom stereocenters. The van der Waals surface area contributed by atoms with E-state index in [1.165, 1.54) is 11.1 Å². The van der Waals surface area contributed by atoms with Gasteiger partial charge in [0.05, 0.1) is 0 Å². The normalized spacial score (nSPS) is 21.1. The van der Waals surface area contributed by atoms with Gasteiger partial charge in [-0.1, -0.05) is 36.9 Å². The van der Waals surface area contributed by atoms with Crippen LogP contribution in [-0.4, -0.2) is 0 Å². The fraction of sp³-hybridized carbons (Fsp3) is 0. The maximum Gasteiger partial charge on any atom is 0.0455 e. The minimum Gasteiger partial charge on any atom is -0.0794 e. The Morgan fingerprint density at radius 1 is 1.11 bits per heavy atom. The summed E-state index contributed by atoms with van der Waals surface area (Å²) in [6.45, 7) is 0. The van der Waals surface area contributed by atoms with Crippen molar-refractivity contribution in [1.29, 1.82) is 0 Å². The molecular formula is C8H5S. The molecule has 0 saturated heterocycles. The second-order valence-corrected chi connectivity index (χ2v) is 2.53. The van der Waals surface area contributed by atoms with Crippen molar-refractivity contribution in [3.8, 4) is 0 Å². The molecule has 2 aliphatic rings. The minimum absolute atomic E-state index is 0.968. The van der Waals surface area contributed by atoms with E-state index >= 15 is 0 Å². The van der Waals surface area contributed by atoms with Crippen LogP contribution in [0.2, 0.25) is 0 Å². The first kappa shape index (κ1) is 5.00. The number of allylic oxidation sites excluding steroid dienone is 7. The SMILES string of the molecule is [S]C1=CC=C2C=CC=C12. The van der Waals surface area contributed by atoms with E-state index in [9.17, 15) is 0 Å². The van der Waals surface area contributed by atoms with Gasteiger partial charge in [0.25, 0.3) is 0 Å². The van der Waals surface area contributed by atoms with Gasteiger partial charge in [0.15, 0.2) is 0 Å². The zero-order valence-electron chi connectivity index (χ0n) is 4.79. The van der Waals surface area contributed by atoms with E-state index in [2.05, 4.69) is 18.2 Å². The number of hydrogen-bond donors (Lipinski definition) is 0. The molecule has 0 aromatic heterocycles. The van der Waals surface area contributed by atoms with Crippen LogP contribution < -0.4 is 0 Å². The molecule has 1 radical (unpaired) electrons. The molecule has 0 aromatic rings. The van der Waals surface area contributed by atoms with Gasteiger partial charge in [-0.3, -0.25) is 0 Å². The van der Waals surface area contributed by atoms with Crippen LogP contribution in [0.5, 0.6) is 0 Å². The van der Waals surface area contributed by atoms with E-state index in [0.29, 0.717) is 0 Å². The quantitative estimate of drug-likeness (QED) is 0.476. The molecule has 0 aliphatic heterocycles. The molecule has 0 amide bonds. The molecule has 0 bridgehead atoms. The van der Waals surface area contributed by atoms with Crippen molar-refractivity contribution in [2.45, 2.75) is 0 Å². The van der Waals surface area contributed by atoms with Gasteiger partial charge in [-0.25, -0.2) is 0 Å². The molecule has 0 N–H and O–H groups in total. The third-order valence-electron chi connectivity index (χ3n) is 1.53. The van der Waals surface area contributed by atoms with Crippen LogP contribution in [-0.2, 0) is 0 Å². The standard InChI is InChI=1S/C8H5S/c9-8-5-4-6-2-1-3-7(6)8/h1-5H. The van der Waals surface area contributed by atoms with Crippen LogP contribution in [0.1, 0.15) is 0 Å². The van der Waals surface area contributed by atoms with E-state index in [1.807, 2.05) is 12.2 Å². The average molecular weight is 133 g/mol. The Morgan fingerprint density at radius 2 is 2.00 bits per heavy atom. The molecule has 0 saturated carbocycles. The lowest BCUT2D eigenvalue weighted by Gasteiger charge is -1.92. The first-order valence-corrected chi connectivity index (χ1v) is 3.27. The Morgan fingerprint density at radius 3 is 2.78 bits per heavy atom. The third-order valence-corrected chi connectivity index (χ3v) is 1.89. The maximum atomic E-state index is 5.04. The topological polar surface area (TPSA) is 0 Å². The Balaban J connectivity index is 2.53. The predicted octanol–water partition coefficient (Wildman–Crippen LogP) is 2.50. The van der Waals surface area contributed by atoms with Crippen molar-refractivity contribution in [3.05, 3.63) is 46.4 Å². The summed E-state index contributed by atoms with van der Waals surface area (Å²) < 4.78 is 0. The molecule has 1 heteroatoms. The smallest absolute Gasteiger partial charge is 0.0455 e. The number of fused-ring (bicyclic) bond motifs is 1. The predicted molar refractivity (Wildman–Crippen MR) is 41.0 cm³/mol. The van der Waals surface area contributed by atoms with E-state index in [1.54, 1.807) is 0 Å². The zero-order chi connectivity index (χ0) is 6.27. The fourth-order valence-electron chi connectivity index (χ4n) is 1.06. The Kier molecular flexibility index (Phi) is 0.878. The molecule has 9 heavy (non-hydrogen) atoms. The summed E-state index contributed by atoms with van der Waals surface area (Å²) in [6.07, 6.45) is 10.2. The van der Waals surface area contributed by atoms with Crippen LogP contribution in [0.4, 0.5) is 0 Å². The van der Waals surface area contributed by atoms with Gasteiger partial charge in [0.1, 0.15) is 0 Å². The first-order chi connectivity index (χ1) is 4.38. The summed E-state index contributed by atoms with van der Waals surface area (Å²) in [6, 6.07) is 0. The summed E-state index contributed by atoms with van der Waals surface area (Å²) in [5, 5.41) is 0. The zero-order valence-corrected chi connectivity index (χ0v) is 5.61. The summed E-state index contributed by atoms with van der Waals surface area (Å²) in [5.41, 5.74) is 2.48. The molecular weight excluding hydrogens is 128 g/mol. The van der Waals surface area contributed by atoms with E-state index in [4.69, 9.17) is 12.6 Å². The lowest BCUT2D eigenvalue weighted by Crippen LogP contribution is -1.73. The van der Waals surface area contributed by atoms with Crippen LogP contribution in [0, 0.1) is 0 Å². The molecule has 0 spiro atoms. The van der Waals surface area contributed by atoms with Gasteiger partial charge < -0.3 is 0 Å². The summed E-state index contributed by atoms with van der Waals surface area (Å²) in [7, 11) is 0. The molecule has 0 heterocycles. The van der Waals surface area contributed by atoms with Crippen LogP contribution >= 0.6 is 12.6 Å². The highest BCUT2D eigenvalue weighted by atomic mass is 32.1. The highest BCUT2D eigenvalue weighted by molar-refractivity contribution is 7.84. The van der Waals surface area contributed by atoms with Gasteiger partial charge in [-0.05, 0) is 17.2 Å². The molecule has 43 valence electrons. The lowest BCUT2D eigenvalue weighted by molar-refractivity contribution is 1.67. The Bertz CT molecular complexity index is 264. The fourth-order valence-corrected chi connectivity index (χ4v) is 1.31. The van der Waals surface area contributed by atoms with Gasteiger partial charge in [0, 0.05) is 4.91 Å². The maximum absolute atomic E-state index is 5.04. The molecule has 2 aliphatic carbocycles. The van der Waals surface area contributed by atoms with Crippen LogP contribution in [0.3, 0.4) is 0 Å². The molecule has 2 rings (SSSR count). The average Bonchev–Trinajstić information content (AvgIpc) is 2.35. The van der Waals surface area contributed by atoms with Crippen molar-refractivity contribution < 1.29 is 0 Å². The van der Waals surface area contributed by atoms with Gasteiger partial charge in [-0.2, -0.15) is 0 Å². The summed E-state index contributed by atoms with van der Waals surface area (Å²) in [4.78, 5) is 0.968. The minimum atomic E-state index is 0.968. The van der Waals surface area contributed by atoms with Gasteiger partial charge in [-0.15, -0.1) is 0 Å². The van der Waals surface area contributed by atoms with Crippen LogP contribution in [0.25, 0.3) is 0 Å². The monoisotopic (exact) mass is 133 g/mol. The van der Waals surface area contributed by atoms with Crippen LogP contribution in [0.15, 0.2) is 46.4 Å². The van der Waals surface area contributed by atoms with E-state index in [0.717, 1.165) is 4.91 Å². The lowest BCUT2D eigenvalue weighted by atomic mass is 10.2. The molecule has 0 fully saturated rings. The number of hydrogen-bond acceptors (Lipinski definition) is 0. The highest BCUT2D eigenvalue weighted by Crippen LogP contribution is 2.32. The van der Waals surface area contributed by atoms with Crippen molar-refractivity contribution >= 4 is 12.6 Å². The summed E-state index contributed by atoms with van der Waals surface area (Å²) >= 11 is 5.04. The van der Waals surface area contributed by atoms with Crippen molar-refractivity contribution in [2.75, 3.05) is 0 Å². The first-order valence-electron chi connectivity index (χ1n) is 2.86. The Hall–Kier alpha value is -0.820. The van der Waals surface area contributed by atoms with Crippen molar-refractivity contribution in [2.24, 2.45) is 0 Å².